The molecule has 0 fully saturated rings. The topological polar surface area (TPSA) is 22.1 Å². The molecule has 94 valence electrons. The monoisotopic (exact) mass is 321 g/mol. The van der Waals surface area contributed by atoms with Gasteiger partial charge in [0.15, 0.2) is 0 Å². The molecular weight excluding hydrogens is 316 g/mol. The molecular formula is C12H7Cl4NO. The van der Waals surface area contributed by atoms with E-state index in [-0.39, 0.29) is 0 Å². The first kappa shape index (κ1) is 13.8. The van der Waals surface area contributed by atoms with Gasteiger partial charge in [0, 0.05) is 22.3 Å². The van der Waals surface area contributed by atoms with Crippen LogP contribution in [0.4, 0.5) is 0 Å². The number of benzene rings is 1. The highest BCUT2D eigenvalue weighted by atomic mass is 35.5. The molecule has 2 rings (SSSR count). The first-order chi connectivity index (χ1) is 8.54. The van der Waals surface area contributed by atoms with Crippen LogP contribution in [-0.4, -0.2) is 12.1 Å². The van der Waals surface area contributed by atoms with E-state index in [1.807, 2.05) is 0 Å². The van der Waals surface area contributed by atoms with Crippen molar-refractivity contribution in [2.75, 3.05) is 7.11 Å². The third kappa shape index (κ3) is 2.52. The van der Waals surface area contributed by atoms with Crippen molar-refractivity contribution in [1.29, 1.82) is 0 Å². The molecule has 0 unspecified atom stereocenters. The van der Waals surface area contributed by atoms with Crippen LogP contribution in [0, 0.1) is 0 Å². The van der Waals surface area contributed by atoms with Gasteiger partial charge in [0.1, 0.15) is 5.02 Å². The molecule has 1 heterocycles. The molecule has 18 heavy (non-hydrogen) atoms. The molecule has 0 spiro atoms. The molecule has 2 nitrogen and oxygen atoms in total. The predicted octanol–water partition coefficient (Wildman–Crippen LogP) is 5.37. The van der Waals surface area contributed by atoms with Gasteiger partial charge in [-0.05, 0) is 18.2 Å². The SMILES string of the molecule is COc1nccc(-c2c(Cl)cc(Cl)cc2Cl)c1Cl. The van der Waals surface area contributed by atoms with Gasteiger partial charge in [0.2, 0.25) is 5.88 Å². The molecule has 6 heteroatoms. The summed E-state index contributed by atoms with van der Waals surface area (Å²) in [5, 5.41) is 1.65. The second-order valence-electron chi connectivity index (χ2n) is 3.43. The van der Waals surface area contributed by atoms with Gasteiger partial charge in [-0.15, -0.1) is 0 Å². The van der Waals surface area contributed by atoms with E-state index in [2.05, 4.69) is 4.98 Å². The smallest absolute Gasteiger partial charge is 0.232 e. The van der Waals surface area contributed by atoms with Crippen LogP contribution in [0.3, 0.4) is 0 Å². The van der Waals surface area contributed by atoms with Gasteiger partial charge in [0.05, 0.1) is 17.2 Å². The Morgan fingerprint density at radius 1 is 1.06 bits per heavy atom. The zero-order chi connectivity index (χ0) is 13.3. The lowest BCUT2D eigenvalue weighted by atomic mass is 10.1. The summed E-state index contributed by atoms with van der Waals surface area (Å²) in [4.78, 5) is 3.99. The first-order valence-corrected chi connectivity index (χ1v) is 6.39. The van der Waals surface area contributed by atoms with Crippen molar-refractivity contribution in [3.05, 3.63) is 44.5 Å². The number of hydrogen-bond acceptors (Lipinski definition) is 2. The van der Waals surface area contributed by atoms with E-state index in [1.54, 1.807) is 24.4 Å². The number of pyridine rings is 1. The molecule has 0 aliphatic rings. The number of nitrogens with zero attached hydrogens (tertiary/aromatic N) is 1. The van der Waals surface area contributed by atoms with Crippen LogP contribution in [0.5, 0.6) is 5.88 Å². The highest BCUT2D eigenvalue weighted by molar-refractivity contribution is 6.43. The van der Waals surface area contributed by atoms with Gasteiger partial charge >= 0.3 is 0 Å². The van der Waals surface area contributed by atoms with Gasteiger partial charge in [-0.25, -0.2) is 4.98 Å². The van der Waals surface area contributed by atoms with Crippen LogP contribution in [0.25, 0.3) is 11.1 Å². The van der Waals surface area contributed by atoms with E-state index < -0.39 is 0 Å². The maximum absolute atomic E-state index is 6.19. The van der Waals surface area contributed by atoms with Crippen molar-refractivity contribution in [3.8, 4) is 17.0 Å². The summed E-state index contributed by atoms with van der Waals surface area (Å²) in [5.74, 6) is 0.316. The van der Waals surface area contributed by atoms with Crippen molar-refractivity contribution in [3.63, 3.8) is 0 Å². The maximum Gasteiger partial charge on any atom is 0.232 e. The summed E-state index contributed by atoms with van der Waals surface area (Å²) in [7, 11) is 1.49. The molecule has 0 amide bonds. The Labute approximate surface area is 124 Å². The fraction of sp³-hybridized carbons (Fsp3) is 0.0833. The van der Waals surface area contributed by atoms with Crippen molar-refractivity contribution >= 4 is 46.4 Å². The number of ether oxygens (including phenoxy) is 1. The summed E-state index contributed by atoms with van der Waals surface area (Å²) in [5.41, 5.74) is 1.25. The largest absolute Gasteiger partial charge is 0.480 e. The van der Waals surface area contributed by atoms with E-state index in [4.69, 9.17) is 51.1 Å². The molecule has 2 aromatic rings. The highest BCUT2D eigenvalue weighted by Gasteiger charge is 2.16. The zero-order valence-corrected chi connectivity index (χ0v) is 12.2. The number of halogens is 4. The van der Waals surface area contributed by atoms with Gasteiger partial charge < -0.3 is 4.74 Å². The average molecular weight is 323 g/mol. The fourth-order valence-electron chi connectivity index (χ4n) is 1.56. The van der Waals surface area contributed by atoms with Gasteiger partial charge in [0.25, 0.3) is 0 Å². The number of rotatable bonds is 2. The van der Waals surface area contributed by atoms with Gasteiger partial charge in [-0.2, -0.15) is 0 Å². The van der Waals surface area contributed by atoms with Gasteiger partial charge in [-0.1, -0.05) is 46.4 Å². The van der Waals surface area contributed by atoms with E-state index in [0.717, 1.165) is 0 Å². The number of hydrogen-bond donors (Lipinski definition) is 0. The van der Waals surface area contributed by atoms with Crippen molar-refractivity contribution in [1.82, 2.24) is 4.98 Å². The zero-order valence-electron chi connectivity index (χ0n) is 9.18. The lowest BCUT2D eigenvalue weighted by Crippen LogP contribution is -1.91. The van der Waals surface area contributed by atoms with Crippen molar-refractivity contribution in [2.24, 2.45) is 0 Å². The Hall–Kier alpha value is -0.670. The van der Waals surface area contributed by atoms with Crippen LogP contribution in [0.15, 0.2) is 24.4 Å². The summed E-state index contributed by atoms with van der Waals surface area (Å²) in [6.45, 7) is 0. The Bertz CT molecular complexity index is 578. The summed E-state index contributed by atoms with van der Waals surface area (Å²) >= 11 is 24.4. The molecule has 0 radical (unpaired) electrons. The van der Waals surface area contributed by atoms with Crippen molar-refractivity contribution < 1.29 is 4.74 Å². The molecule has 0 atom stereocenters. The lowest BCUT2D eigenvalue weighted by molar-refractivity contribution is 0.398. The summed E-state index contributed by atoms with van der Waals surface area (Å²) in [6.07, 6.45) is 1.57. The number of aromatic nitrogens is 1. The standard InChI is InChI=1S/C12H7Cl4NO/c1-18-12-11(16)7(2-3-17-12)10-8(14)4-6(13)5-9(10)15/h2-5H,1H3. The summed E-state index contributed by atoms with van der Waals surface area (Å²) in [6, 6.07) is 4.92. The van der Waals surface area contributed by atoms with Crippen LogP contribution in [0.2, 0.25) is 20.1 Å². The molecule has 1 aromatic heterocycles. The highest BCUT2D eigenvalue weighted by Crippen LogP contribution is 2.42. The minimum absolute atomic E-state index is 0.316. The minimum atomic E-state index is 0.316. The third-order valence-electron chi connectivity index (χ3n) is 2.33. The Balaban J connectivity index is 2.70. The lowest BCUT2D eigenvalue weighted by Gasteiger charge is -2.11. The fourth-order valence-corrected chi connectivity index (χ4v) is 2.86. The Kier molecular flexibility index (Phi) is 4.23. The predicted molar refractivity (Wildman–Crippen MR) is 76.3 cm³/mol. The second kappa shape index (κ2) is 5.54. The molecule has 0 aliphatic carbocycles. The first-order valence-electron chi connectivity index (χ1n) is 4.88. The second-order valence-corrected chi connectivity index (χ2v) is 5.06. The van der Waals surface area contributed by atoms with Crippen molar-refractivity contribution in [2.45, 2.75) is 0 Å². The Morgan fingerprint density at radius 3 is 2.22 bits per heavy atom. The van der Waals surface area contributed by atoms with Crippen LogP contribution >= 0.6 is 46.4 Å². The minimum Gasteiger partial charge on any atom is -0.480 e. The Morgan fingerprint density at radius 2 is 1.67 bits per heavy atom. The molecule has 1 aromatic carbocycles. The average Bonchev–Trinajstić information content (AvgIpc) is 2.30. The normalized spacial score (nSPS) is 10.5. The van der Waals surface area contributed by atoms with Gasteiger partial charge in [-0.3, -0.25) is 0 Å². The molecule has 0 N–H and O–H groups in total. The van der Waals surface area contributed by atoms with E-state index >= 15 is 0 Å². The quantitative estimate of drug-likeness (QED) is 0.741. The maximum atomic E-state index is 6.19. The number of methoxy groups -OCH3 is 1. The summed E-state index contributed by atoms with van der Waals surface area (Å²) < 4.78 is 5.06. The van der Waals surface area contributed by atoms with E-state index in [1.165, 1.54) is 7.11 Å². The molecule has 0 saturated heterocycles. The van der Waals surface area contributed by atoms with E-state index in [0.29, 0.717) is 37.1 Å². The van der Waals surface area contributed by atoms with Crippen LogP contribution in [-0.2, 0) is 0 Å². The van der Waals surface area contributed by atoms with Crippen LogP contribution < -0.4 is 4.74 Å². The molecule has 0 bridgehead atoms. The molecule has 0 saturated carbocycles. The van der Waals surface area contributed by atoms with E-state index in [9.17, 15) is 0 Å². The van der Waals surface area contributed by atoms with Crippen LogP contribution in [0.1, 0.15) is 0 Å². The molecule has 0 aliphatic heterocycles. The third-order valence-corrected chi connectivity index (χ3v) is 3.51.